The van der Waals surface area contributed by atoms with Gasteiger partial charge in [-0.05, 0) is 54.3 Å². The topological polar surface area (TPSA) is 68.5 Å². The minimum Gasteiger partial charge on any atom is -0.413 e. The molecule has 3 rings (SSSR count). The van der Waals surface area contributed by atoms with E-state index in [9.17, 15) is 4.79 Å². The van der Waals surface area contributed by atoms with E-state index in [4.69, 9.17) is 10.2 Å². The number of aromatic nitrogens is 1. The van der Waals surface area contributed by atoms with Gasteiger partial charge < -0.3 is 15.1 Å². The number of hydrogen-bond donors (Lipinski definition) is 1. The fourth-order valence-corrected chi connectivity index (χ4v) is 6.24. The van der Waals surface area contributed by atoms with Crippen molar-refractivity contribution in [3.05, 3.63) is 23.0 Å². The molecule has 2 N–H and O–H groups in total. The van der Waals surface area contributed by atoms with Crippen LogP contribution >= 0.6 is 0 Å². The Labute approximate surface area is 177 Å². The Kier molecular flexibility index (Phi) is 5.91. The zero-order valence-electron chi connectivity index (χ0n) is 19.5. The fraction of sp³-hybridized carbons (Fsp3) is 0.739. The second kappa shape index (κ2) is 7.69. The maximum atomic E-state index is 12.2. The van der Waals surface area contributed by atoms with Gasteiger partial charge in [-0.3, -0.25) is 9.78 Å². The molecule has 0 bridgehead atoms. The molecule has 1 aliphatic carbocycles. The molecular formula is C23H39N3O2Si. The molecule has 4 atom stereocenters. The monoisotopic (exact) mass is 417 g/mol. The van der Waals surface area contributed by atoms with Crippen molar-refractivity contribution in [2.45, 2.75) is 84.5 Å². The minimum atomic E-state index is -1.83. The maximum Gasteiger partial charge on any atom is 0.252 e. The van der Waals surface area contributed by atoms with Crippen LogP contribution in [0, 0.1) is 11.8 Å². The fourth-order valence-electron chi connectivity index (χ4n) is 4.74. The summed E-state index contributed by atoms with van der Waals surface area (Å²) in [4.78, 5) is 19.2. The number of anilines is 1. The first kappa shape index (κ1) is 22.3. The number of nitrogens with two attached hydrogens (primary N) is 1. The molecule has 0 aromatic carbocycles. The smallest absolute Gasteiger partial charge is 0.252 e. The highest BCUT2D eigenvalue weighted by atomic mass is 28.4. The maximum absolute atomic E-state index is 12.2. The van der Waals surface area contributed by atoms with Crippen molar-refractivity contribution >= 4 is 19.9 Å². The number of rotatable bonds is 4. The number of primary amides is 1. The lowest BCUT2D eigenvalue weighted by atomic mass is 9.87. The van der Waals surface area contributed by atoms with E-state index in [0.29, 0.717) is 23.3 Å². The molecule has 0 spiro atoms. The molecule has 1 aromatic rings. The quantitative estimate of drug-likeness (QED) is 0.720. The molecule has 2 heterocycles. The molecule has 2 aliphatic rings. The number of amides is 1. The van der Waals surface area contributed by atoms with Crippen LogP contribution in [0.15, 0.2) is 6.20 Å². The summed E-state index contributed by atoms with van der Waals surface area (Å²) in [7, 11) is -1.83. The number of pyridine rings is 1. The van der Waals surface area contributed by atoms with Crippen LogP contribution in [0.1, 0.15) is 75.5 Å². The molecule has 162 valence electrons. The highest BCUT2D eigenvalue weighted by Crippen LogP contribution is 2.43. The molecule has 1 saturated heterocycles. The summed E-state index contributed by atoms with van der Waals surface area (Å²) < 4.78 is 6.85. The van der Waals surface area contributed by atoms with E-state index in [0.717, 1.165) is 37.3 Å². The summed E-state index contributed by atoms with van der Waals surface area (Å²) in [6, 6.07) is 0. The molecule has 1 amide bonds. The van der Waals surface area contributed by atoms with Crippen molar-refractivity contribution in [3.8, 4) is 0 Å². The van der Waals surface area contributed by atoms with E-state index in [1.807, 2.05) is 0 Å². The summed E-state index contributed by atoms with van der Waals surface area (Å²) in [6.45, 7) is 20.1. The molecular weight excluding hydrogens is 378 g/mol. The number of fused-ring (bicyclic) bond motifs is 1. The lowest BCUT2D eigenvalue weighted by Gasteiger charge is -2.48. The lowest BCUT2D eigenvalue weighted by molar-refractivity contribution is 0.0626. The Hall–Kier alpha value is -1.40. The van der Waals surface area contributed by atoms with E-state index in [1.54, 1.807) is 6.20 Å². The van der Waals surface area contributed by atoms with E-state index in [1.165, 1.54) is 5.56 Å². The molecule has 0 radical (unpaired) electrons. The first-order chi connectivity index (χ1) is 13.3. The van der Waals surface area contributed by atoms with E-state index < -0.39 is 8.32 Å². The number of hydrogen-bond acceptors (Lipinski definition) is 4. The van der Waals surface area contributed by atoms with Gasteiger partial charge in [0.2, 0.25) is 0 Å². The van der Waals surface area contributed by atoms with Gasteiger partial charge in [0.25, 0.3) is 5.91 Å². The van der Waals surface area contributed by atoms with E-state index in [-0.39, 0.29) is 17.0 Å². The first-order valence-corrected chi connectivity index (χ1v) is 14.0. The third-order valence-electron chi connectivity index (χ3n) is 7.43. The Balaban J connectivity index is 1.90. The average Bonchev–Trinajstić information content (AvgIpc) is 2.97. The third kappa shape index (κ3) is 4.11. The Morgan fingerprint density at radius 3 is 2.31 bits per heavy atom. The van der Waals surface area contributed by atoms with Gasteiger partial charge >= 0.3 is 0 Å². The normalized spacial score (nSPS) is 27.8. The van der Waals surface area contributed by atoms with Gasteiger partial charge in [0.15, 0.2) is 8.32 Å². The van der Waals surface area contributed by atoms with Crippen LogP contribution in [0.25, 0.3) is 0 Å². The van der Waals surface area contributed by atoms with Crippen LogP contribution in [0.5, 0.6) is 0 Å². The van der Waals surface area contributed by atoms with Gasteiger partial charge in [-0.15, -0.1) is 0 Å². The van der Waals surface area contributed by atoms with Gasteiger partial charge in [-0.1, -0.05) is 41.5 Å². The predicted octanol–water partition coefficient (Wildman–Crippen LogP) is 4.71. The Morgan fingerprint density at radius 1 is 1.21 bits per heavy atom. The summed E-state index contributed by atoms with van der Waals surface area (Å²) in [5.74, 6) is 0.835. The summed E-state index contributed by atoms with van der Waals surface area (Å²) in [5, 5.41) is 0.199. The summed E-state index contributed by atoms with van der Waals surface area (Å²) >= 11 is 0. The van der Waals surface area contributed by atoms with Crippen molar-refractivity contribution in [2.24, 2.45) is 17.6 Å². The van der Waals surface area contributed by atoms with Crippen LogP contribution in [0.3, 0.4) is 0 Å². The molecule has 1 aromatic heterocycles. The predicted molar refractivity (Wildman–Crippen MR) is 122 cm³/mol. The van der Waals surface area contributed by atoms with Crippen molar-refractivity contribution < 1.29 is 9.22 Å². The highest BCUT2D eigenvalue weighted by molar-refractivity contribution is 6.74. The number of carbonyl (C=O) groups excluding carboxylic acids is 1. The third-order valence-corrected chi connectivity index (χ3v) is 11.9. The number of carbonyl (C=O) groups is 1. The van der Waals surface area contributed by atoms with Crippen LogP contribution in [-0.2, 0) is 10.8 Å². The van der Waals surface area contributed by atoms with Gasteiger partial charge in [0.05, 0.1) is 17.4 Å². The largest absolute Gasteiger partial charge is 0.413 e. The minimum absolute atomic E-state index is 0.199. The standard InChI is InChI=1S/C23H39N3O2Si/c1-14-9-10-17-19(14)25-11-18(22(24)27)20(17)26-12-15(2)21(16(3)13-26)28-29(7,8)23(4,5)6/h11,14-16,21H,9-10,12-13H2,1-8H3,(H2,24,27)/t14-,15-,16+,21?/m1/s1. The summed E-state index contributed by atoms with van der Waals surface area (Å²) in [5.41, 5.74) is 9.74. The Bertz CT molecular complexity index is 775. The molecule has 1 unspecified atom stereocenters. The number of nitrogens with zero attached hydrogens (tertiary/aromatic N) is 2. The first-order valence-electron chi connectivity index (χ1n) is 11.1. The van der Waals surface area contributed by atoms with Gasteiger partial charge in [-0.25, -0.2) is 0 Å². The van der Waals surface area contributed by atoms with Crippen LogP contribution in [0.4, 0.5) is 5.69 Å². The highest BCUT2D eigenvalue weighted by Gasteiger charge is 2.44. The second-order valence-corrected chi connectivity index (χ2v) is 15.6. The average molecular weight is 418 g/mol. The van der Waals surface area contributed by atoms with E-state index in [2.05, 4.69) is 64.5 Å². The van der Waals surface area contributed by atoms with Crippen molar-refractivity contribution in [1.82, 2.24) is 4.98 Å². The zero-order chi connectivity index (χ0) is 21.7. The van der Waals surface area contributed by atoms with Crippen molar-refractivity contribution in [2.75, 3.05) is 18.0 Å². The van der Waals surface area contributed by atoms with Gasteiger partial charge in [-0.2, -0.15) is 0 Å². The molecule has 0 saturated carbocycles. The molecule has 1 fully saturated rings. The van der Waals surface area contributed by atoms with Crippen LogP contribution in [0.2, 0.25) is 18.1 Å². The van der Waals surface area contributed by atoms with Crippen LogP contribution in [-0.4, -0.2) is 38.4 Å². The zero-order valence-corrected chi connectivity index (χ0v) is 20.5. The van der Waals surface area contributed by atoms with Crippen molar-refractivity contribution in [3.63, 3.8) is 0 Å². The SMILES string of the molecule is C[C@@H]1CCc2c1ncc(C(N)=O)c2N1C[C@@H](C)C(O[Si](C)(C)C(C)(C)C)[C@@H](C)C1. The van der Waals surface area contributed by atoms with Crippen LogP contribution < -0.4 is 10.6 Å². The van der Waals surface area contributed by atoms with Gasteiger partial charge in [0, 0.05) is 25.0 Å². The van der Waals surface area contributed by atoms with Crippen molar-refractivity contribution in [1.29, 1.82) is 0 Å². The number of piperidine rings is 1. The van der Waals surface area contributed by atoms with Gasteiger partial charge in [0.1, 0.15) is 0 Å². The summed E-state index contributed by atoms with van der Waals surface area (Å²) in [6.07, 6.45) is 4.01. The molecule has 29 heavy (non-hydrogen) atoms. The molecule has 5 nitrogen and oxygen atoms in total. The Morgan fingerprint density at radius 2 is 1.79 bits per heavy atom. The van der Waals surface area contributed by atoms with E-state index >= 15 is 0 Å². The lowest BCUT2D eigenvalue weighted by Crippen LogP contribution is -2.54. The molecule has 1 aliphatic heterocycles. The second-order valence-electron chi connectivity index (χ2n) is 10.9. The molecule has 6 heteroatoms.